The number of amides is 2. The molecule has 0 bridgehead atoms. The van der Waals surface area contributed by atoms with Crippen LogP contribution in [0.2, 0.25) is 0 Å². The van der Waals surface area contributed by atoms with Crippen LogP contribution in [0.25, 0.3) is 17.0 Å². The summed E-state index contributed by atoms with van der Waals surface area (Å²) in [6, 6.07) is 16.4. The van der Waals surface area contributed by atoms with Crippen molar-refractivity contribution < 1.29 is 9.59 Å². The second-order valence-electron chi connectivity index (χ2n) is 6.24. The Balaban J connectivity index is 1.50. The van der Waals surface area contributed by atoms with Gasteiger partial charge in [-0.05, 0) is 30.3 Å². The number of fused-ring (bicyclic) bond motifs is 1. The lowest BCUT2D eigenvalue weighted by Gasteiger charge is -2.09. The molecule has 0 aliphatic heterocycles. The standard InChI is InChI=1S/C21H17N5O2S/c22-19(27)13-29-18-5-2-1-4-16(18)20(28)24-15-8-6-14(7-9-15)17-12-26-11-3-10-23-21(26)25-17/h1-12H,13H2,(H2,22,27)(H,24,28). The number of carbonyl (C=O) groups is 2. The lowest BCUT2D eigenvalue weighted by molar-refractivity contribution is -0.115. The summed E-state index contributed by atoms with van der Waals surface area (Å²) in [5.74, 6) is 0.0718. The molecule has 2 heterocycles. The number of hydrogen-bond acceptors (Lipinski definition) is 5. The third kappa shape index (κ3) is 4.27. The molecule has 0 saturated heterocycles. The smallest absolute Gasteiger partial charge is 0.256 e. The van der Waals surface area contributed by atoms with Gasteiger partial charge >= 0.3 is 0 Å². The number of imidazole rings is 1. The zero-order chi connectivity index (χ0) is 20.2. The van der Waals surface area contributed by atoms with Crippen molar-refractivity contribution in [2.75, 3.05) is 11.1 Å². The van der Waals surface area contributed by atoms with Crippen LogP contribution in [0.3, 0.4) is 0 Å². The van der Waals surface area contributed by atoms with E-state index in [4.69, 9.17) is 5.73 Å². The minimum Gasteiger partial charge on any atom is -0.369 e. The van der Waals surface area contributed by atoms with Gasteiger partial charge in [-0.2, -0.15) is 0 Å². The maximum atomic E-state index is 12.7. The van der Waals surface area contributed by atoms with E-state index in [0.717, 1.165) is 11.3 Å². The van der Waals surface area contributed by atoms with Crippen LogP contribution in [-0.4, -0.2) is 31.9 Å². The maximum absolute atomic E-state index is 12.7. The molecule has 0 aliphatic carbocycles. The van der Waals surface area contributed by atoms with Crippen molar-refractivity contribution in [3.63, 3.8) is 0 Å². The number of hydrogen-bond donors (Lipinski definition) is 2. The number of rotatable bonds is 6. The normalized spacial score (nSPS) is 10.8. The van der Waals surface area contributed by atoms with Crippen LogP contribution < -0.4 is 11.1 Å². The molecule has 0 unspecified atom stereocenters. The Hall–Kier alpha value is -3.65. The van der Waals surface area contributed by atoms with Crippen molar-refractivity contribution in [3.05, 3.63) is 78.8 Å². The van der Waals surface area contributed by atoms with Crippen LogP contribution >= 0.6 is 11.8 Å². The summed E-state index contributed by atoms with van der Waals surface area (Å²) < 4.78 is 1.85. The van der Waals surface area contributed by atoms with Crippen LogP contribution in [-0.2, 0) is 4.79 Å². The van der Waals surface area contributed by atoms with Crippen LogP contribution in [0, 0.1) is 0 Å². The number of primary amides is 1. The average molecular weight is 403 g/mol. The Kier molecular flexibility index (Phi) is 5.26. The number of thioether (sulfide) groups is 1. The number of nitrogens with two attached hydrogens (primary N) is 1. The highest BCUT2D eigenvalue weighted by atomic mass is 32.2. The first-order valence-corrected chi connectivity index (χ1v) is 9.80. The minimum atomic E-state index is -0.428. The van der Waals surface area contributed by atoms with Gasteiger partial charge in [-0.25, -0.2) is 9.97 Å². The zero-order valence-corrected chi connectivity index (χ0v) is 16.1. The van der Waals surface area contributed by atoms with E-state index in [2.05, 4.69) is 15.3 Å². The van der Waals surface area contributed by atoms with E-state index in [9.17, 15) is 9.59 Å². The lowest BCUT2D eigenvalue weighted by atomic mass is 10.1. The first-order chi connectivity index (χ1) is 14.1. The summed E-state index contributed by atoms with van der Waals surface area (Å²) >= 11 is 1.24. The predicted molar refractivity (Wildman–Crippen MR) is 113 cm³/mol. The predicted octanol–water partition coefficient (Wildman–Crippen LogP) is 3.23. The quantitative estimate of drug-likeness (QED) is 0.481. The highest BCUT2D eigenvalue weighted by Crippen LogP contribution is 2.24. The summed E-state index contributed by atoms with van der Waals surface area (Å²) in [4.78, 5) is 33.1. The van der Waals surface area contributed by atoms with E-state index in [1.165, 1.54) is 11.8 Å². The monoisotopic (exact) mass is 403 g/mol. The molecule has 2 amide bonds. The van der Waals surface area contributed by atoms with Crippen molar-refractivity contribution >= 4 is 35.0 Å². The van der Waals surface area contributed by atoms with Gasteiger partial charge in [0.15, 0.2) is 0 Å². The molecule has 0 saturated carbocycles. The van der Waals surface area contributed by atoms with Crippen molar-refractivity contribution in [2.45, 2.75) is 4.90 Å². The molecule has 2 aromatic heterocycles. The second-order valence-corrected chi connectivity index (χ2v) is 7.25. The molecule has 0 radical (unpaired) electrons. The van der Waals surface area contributed by atoms with Crippen LogP contribution in [0.15, 0.2) is 78.1 Å². The Morgan fingerprint density at radius 2 is 1.86 bits per heavy atom. The molecular weight excluding hydrogens is 386 g/mol. The molecule has 3 N–H and O–H groups in total. The van der Waals surface area contributed by atoms with Crippen LogP contribution in [0.1, 0.15) is 10.4 Å². The topological polar surface area (TPSA) is 102 Å². The molecule has 29 heavy (non-hydrogen) atoms. The molecule has 0 atom stereocenters. The van der Waals surface area contributed by atoms with Gasteiger partial charge in [0.1, 0.15) is 0 Å². The third-order valence-electron chi connectivity index (χ3n) is 4.18. The zero-order valence-electron chi connectivity index (χ0n) is 15.3. The third-order valence-corrected chi connectivity index (χ3v) is 5.27. The lowest BCUT2D eigenvalue weighted by Crippen LogP contribution is -2.15. The van der Waals surface area contributed by atoms with Crippen LogP contribution in [0.4, 0.5) is 5.69 Å². The first kappa shape index (κ1) is 18.7. The summed E-state index contributed by atoms with van der Waals surface area (Å²) in [5, 5.41) is 2.89. The summed E-state index contributed by atoms with van der Waals surface area (Å²) in [6.07, 6.45) is 5.49. The fourth-order valence-corrected chi connectivity index (χ4v) is 3.61. The number of nitrogens with zero attached hydrogens (tertiary/aromatic N) is 3. The van der Waals surface area contributed by atoms with Crippen molar-refractivity contribution in [1.29, 1.82) is 0 Å². The maximum Gasteiger partial charge on any atom is 0.256 e. The minimum absolute atomic E-state index is 0.118. The van der Waals surface area contributed by atoms with E-state index >= 15 is 0 Å². The molecule has 0 fully saturated rings. The van der Waals surface area contributed by atoms with Gasteiger partial charge in [0, 0.05) is 34.7 Å². The number of nitrogens with one attached hydrogen (secondary N) is 1. The molecule has 7 nitrogen and oxygen atoms in total. The molecule has 4 rings (SSSR count). The Morgan fingerprint density at radius 1 is 1.07 bits per heavy atom. The van der Waals surface area contributed by atoms with E-state index in [0.29, 0.717) is 21.9 Å². The van der Waals surface area contributed by atoms with Gasteiger partial charge in [-0.3, -0.25) is 14.0 Å². The van der Waals surface area contributed by atoms with Crippen molar-refractivity contribution in [3.8, 4) is 11.3 Å². The largest absolute Gasteiger partial charge is 0.369 e. The summed E-state index contributed by atoms with van der Waals surface area (Å²) in [7, 11) is 0. The van der Waals surface area contributed by atoms with Crippen molar-refractivity contribution in [1.82, 2.24) is 14.4 Å². The average Bonchev–Trinajstić information content (AvgIpc) is 3.17. The SMILES string of the molecule is NC(=O)CSc1ccccc1C(=O)Nc1ccc(-c2cn3cccnc3n2)cc1. The van der Waals surface area contributed by atoms with Gasteiger partial charge < -0.3 is 11.1 Å². The van der Waals surface area contributed by atoms with E-state index < -0.39 is 5.91 Å². The number of aromatic nitrogens is 3. The number of anilines is 1. The van der Waals surface area contributed by atoms with Gasteiger partial charge in [0.2, 0.25) is 11.7 Å². The van der Waals surface area contributed by atoms with Gasteiger partial charge in [-0.1, -0.05) is 24.3 Å². The van der Waals surface area contributed by atoms with Gasteiger partial charge in [-0.15, -0.1) is 11.8 Å². The van der Waals surface area contributed by atoms with Crippen molar-refractivity contribution in [2.24, 2.45) is 5.73 Å². The fourth-order valence-electron chi connectivity index (χ4n) is 2.82. The molecule has 144 valence electrons. The highest BCUT2D eigenvalue weighted by Gasteiger charge is 2.13. The molecule has 0 aliphatic rings. The Morgan fingerprint density at radius 3 is 2.62 bits per heavy atom. The highest BCUT2D eigenvalue weighted by molar-refractivity contribution is 8.00. The molecule has 4 aromatic rings. The molecule has 0 spiro atoms. The molecular formula is C21H17N5O2S. The van der Waals surface area contributed by atoms with E-state index in [1.807, 2.05) is 53.2 Å². The van der Waals surface area contributed by atoms with Crippen LogP contribution in [0.5, 0.6) is 0 Å². The van der Waals surface area contributed by atoms with Gasteiger partial charge in [0.05, 0.1) is 17.0 Å². The van der Waals surface area contributed by atoms with E-state index in [-0.39, 0.29) is 11.7 Å². The Bertz CT molecular complexity index is 1150. The van der Waals surface area contributed by atoms with Gasteiger partial charge in [0.25, 0.3) is 5.91 Å². The molecule has 2 aromatic carbocycles. The number of benzene rings is 2. The Labute approximate surface area is 171 Å². The molecule has 8 heteroatoms. The number of carbonyl (C=O) groups excluding carboxylic acids is 2. The van der Waals surface area contributed by atoms with E-state index in [1.54, 1.807) is 24.4 Å². The first-order valence-electron chi connectivity index (χ1n) is 8.82. The fraction of sp³-hybridized carbons (Fsp3) is 0.0476. The summed E-state index contributed by atoms with van der Waals surface area (Å²) in [5.41, 5.74) is 8.09. The summed E-state index contributed by atoms with van der Waals surface area (Å²) in [6.45, 7) is 0. The second kappa shape index (κ2) is 8.15.